The van der Waals surface area contributed by atoms with Crippen molar-refractivity contribution in [3.63, 3.8) is 0 Å². The van der Waals surface area contributed by atoms with Crippen LogP contribution in [0.25, 0.3) is 0 Å². The number of carboxylic acids is 1. The zero-order valence-corrected chi connectivity index (χ0v) is 8.42. The van der Waals surface area contributed by atoms with E-state index in [0.717, 1.165) is 19.3 Å². The van der Waals surface area contributed by atoms with Gasteiger partial charge in [0.2, 0.25) is 0 Å². The maximum Gasteiger partial charge on any atom is 0.330 e. The van der Waals surface area contributed by atoms with Gasteiger partial charge in [-0.1, -0.05) is 31.9 Å². The van der Waals surface area contributed by atoms with Gasteiger partial charge in [-0.05, 0) is 19.3 Å². The molecule has 0 saturated heterocycles. The fourth-order valence-corrected chi connectivity index (χ4v) is 1.10. The molecule has 0 spiro atoms. The molecule has 2 heteroatoms. The number of carboxylic acid groups (broad SMARTS) is 1. The van der Waals surface area contributed by atoms with Gasteiger partial charge in [0, 0.05) is 5.57 Å². The summed E-state index contributed by atoms with van der Waals surface area (Å²) in [7, 11) is 0. The lowest BCUT2D eigenvalue weighted by atomic mass is 10.00. The Labute approximate surface area is 80.0 Å². The summed E-state index contributed by atoms with van der Waals surface area (Å²) in [6, 6.07) is 0. The number of unbranched alkanes of at least 4 members (excludes halogenated alkanes) is 1. The van der Waals surface area contributed by atoms with E-state index in [9.17, 15) is 4.79 Å². The van der Waals surface area contributed by atoms with Crippen molar-refractivity contribution >= 4 is 5.97 Å². The second-order valence-corrected chi connectivity index (χ2v) is 3.20. The molecule has 0 heterocycles. The van der Waals surface area contributed by atoms with Crippen LogP contribution in [-0.2, 0) is 4.79 Å². The van der Waals surface area contributed by atoms with Crippen molar-refractivity contribution in [2.24, 2.45) is 5.92 Å². The Kier molecular flexibility index (Phi) is 5.94. The number of allylic oxidation sites excluding steroid dienone is 2. The molecule has 0 amide bonds. The van der Waals surface area contributed by atoms with Gasteiger partial charge in [-0.25, -0.2) is 4.79 Å². The van der Waals surface area contributed by atoms with Gasteiger partial charge in [0.05, 0.1) is 0 Å². The number of carbonyl (C=O) groups is 1. The van der Waals surface area contributed by atoms with Crippen LogP contribution in [0.2, 0.25) is 0 Å². The summed E-state index contributed by atoms with van der Waals surface area (Å²) in [6.45, 7) is 7.42. The zero-order chi connectivity index (χ0) is 10.3. The maximum absolute atomic E-state index is 10.5. The van der Waals surface area contributed by atoms with E-state index in [2.05, 4.69) is 13.5 Å². The van der Waals surface area contributed by atoms with Crippen molar-refractivity contribution in [1.82, 2.24) is 0 Å². The molecule has 0 rings (SSSR count). The highest BCUT2D eigenvalue weighted by molar-refractivity contribution is 5.85. The molecule has 13 heavy (non-hydrogen) atoms. The molecule has 0 radical (unpaired) electrons. The van der Waals surface area contributed by atoms with Crippen LogP contribution < -0.4 is 0 Å². The summed E-state index contributed by atoms with van der Waals surface area (Å²) in [6.07, 6.45) is 6.81. The van der Waals surface area contributed by atoms with Crippen molar-refractivity contribution in [2.45, 2.75) is 33.1 Å². The molecule has 74 valence electrons. The predicted molar refractivity (Wildman–Crippen MR) is 54.6 cm³/mol. The van der Waals surface area contributed by atoms with Crippen molar-refractivity contribution in [1.29, 1.82) is 0 Å². The van der Waals surface area contributed by atoms with Gasteiger partial charge in [-0.3, -0.25) is 0 Å². The third-order valence-electron chi connectivity index (χ3n) is 2.00. The highest BCUT2D eigenvalue weighted by Crippen LogP contribution is 2.13. The van der Waals surface area contributed by atoms with E-state index in [0.29, 0.717) is 5.57 Å². The normalized spacial score (nSPS) is 13.8. The first-order valence-electron chi connectivity index (χ1n) is 4.66. The van der Waals surface area contributed by atoms with E-state index >= 15 is 0 Å². The van der Waals surface area contributed by atoms with E-state index < -0.39 is 5.97 Å². The van der Waals surface area contributed by atoms with E-state index in [1.165, 1.54) is 0 Å². The minimum absolute atomic E-state index is 0.205. The molecule has 0 aliphatic heterocycles. The fourth-order valence-electron chi connectivity index (χ4n) is 1.10. The molecule has 2 nitrogen and oxygen atoms in total. The van der Waals surface area contributed by atoms with E-state index in [-0.39, 0.29) is 5.92 Å². The molecule has 0 aliphatic carbocycles. The highest BCUT2D eigenvalue weighted by atomic mass is 16.4. The second kappa shape index (κ2) is 6.46. The Morgan fingerprint density at radius 2 is 2.23 bits per heavy atom. The summed E-state index contributed by atoms with van der Waals surface area (Å²) < 4.78 is 0. The summed E-state index contributed by atoms with van der Waals surface area (Å²) in [5.74, 6) is -0.639. The molecular weight excluding hydrogens is 164 g/mol. The van der Waals surface area contributed by atoms with E-state index in [1.807, 2.05) is 6.08 Å². The SMILES string of the molecule is C=CC(C=C(C)C(=O)O)CCCC. The van der Waals surface area contributed by atoms with Crippen molar-refractivity contribution in [3.8, 4) is 0 Å². The minimum Gasteiger partial charge on any atom is -0.478 e. The zero-order valence-electron chi connectivity index (χ0n) is 8.42. The molecule has 1 atom stereocenters. The Morgan fingerprint density at radius 1 is 1.62 bits per heavy atom. The lowest BCUT2D eigenvalue weighted by Crippen LogP contribution is -2.00. The number of hydrogen-bond donors (Lipinski definition) is 1. The molecule has 1 unspecified atom stereocenters. The average molecular weight is 182 g/mol. The third kappa shape index (κ3) is 5.23. The molecule has 0 saturated carbocycles. The standard InChI is InChI=1S/C11H18O2/c1-4-6-7-10(5-2)8-9(3)11(12)13/h5,8,10H,2,4,6-7H2,1,3H3,(H,12,13). The quantitative estimate of drug-likeness (QED) is 0.506. The molecule has 0 aromatic heterocycles. The van der Waals surface area contributed by atoms with Crippen molar-refractivity contribution in [3.05, 3.63) is 24.3 Å². The summed E-state index contributed by atoms with van der Waals surface area (Å²) in [5, 5.41) is 8.65. The van der Waals surface area contributed by atoms with Gasteiger partial charge in [-0.15, -0.1) is 6.58 Å². The molecule has 0 aliphatic rings. The molecule has 0 aromatic rings. The molecule has 1 N–H and O–H groups in total. The third-order valence-corrected chi connectivity index (χ3v) is 2.00. The Hall–Kier alpha value is -1.05. The van der Waals surface area contributed by atoms with Gasteiger partial charge >= 0.3 is 5.97 Å². The fraction of sp³-hybridized carbons (Fsp3) is 0.545. The van der Waals surface area contributed by atoms with Crippen LogP contribution in [0.15, 0.2) is 24.3 Å². The molecule has 0 aromatic carbocycles. The van der Waals surface area contributed by atoms with Crippen LogP contribution in [0.4, 0.5) is 0 Å². The van der Waals surface area contributed by atoms with Gasteiger partial charge in [0.25, 0.3) is 0 Å². The van der Waals surface area contributed by atoms with Gasteiger partial charge in [-0.2, -0.15) is 0 Å². The lowest BCUT2D eigenvalue weighted by Gasteiger charge is -2.06. The van der Waals surface area contributed by atoms with Crippen molar-refractivity contribution < 1.29 is 9.90 Å². The Balaban J connectivity index is 4.17. The first kappa shape index (κ1) is 11.9. The molecular formula is C11H18O2. The van der Waals surface area contributed by atoms with E-state index in [4.69, 9.17) is 5.11 Å². The monoisotopic (exact) mass is 182 g/mol. The maximum atomic E-state index is 10.5. The van der Waals surface area contributed by atoms with Gasteiger partial charge in [0.1, 0.15) is 0 Å². The lowest BCUT2D eigenvalue weighted by molar-refractivity contribution is -0.132. The van der Waals surface area contributed by atoms with E-state index in [1.54, 1.807) is 13.0 Å². The summed E-state index contributed by atoms with van der Waals surface area (Å²) >= 11 is 0. The van der Waals surface area contributed by atoms with Crippen LogP contribution >= 0.6 is 0 Å². The Morgan fingerprint density at radius 3 is 2.62 bits per heavy atom. The highest BCUT2D eigenvalue weighted by Gasteiger charge is 2.04. The van der Waals surface area contributed by atoms with Crippen LogP contribution in [0.5, 0.6) is 0 Å². The van der Waals surface area contributed by atoms with Crippen molar-refractivity contribution in [2.75, 3.05) is 0 Å². The number of rotatable bonds is 6. The number of hydrogen-bond acceptors (Lipinski definition) is 1. The average Bonchev–Trinajstić information content (AvgIpc) is 2.11. The molecule has 0 fully saturated rings. The Bertz CT molecular complexity index is 204. The largest absolute Gasteiger partial charge is 0.478 e. The minimum atomic E-state index is -0.844. The summed E-state index contributed by atoms with van der Waals surface area (Å²) in [4.78, 5) is 10.5. The van der Waals surface area contributed by atoms with Crippen LogP contribution in [0, 0.1) is 5.92 Å². The van der Waals surface area contributed by atoms with Crippen LogP contribution in [0.1, 0.15) is 33.1 Å². The first-order valence-corrected chi connectivity index (χ1v) is 4.66. The van der Waals surface area contributed by atoms with Crippen LogP contribution in [0.3, 0.4) is 0 Å². The van der Waals surface area contributed by atoms with Gasteiger partial charge < -0.3 is 5.11 Å². The second-order valence-electron chi connectivity index (χ2n) is 3.20. The summed E-state index contributed by atoms with van der Waals surface area (Å²) in [5.41, 5.74) is 0.404. The van der Waals surface area contributed by atoms with Gasteiger partial charge in [0.15, 0.2) is 0 Å². The number of aliphatic carboxylic acids is 1. The van der Waals surface area contributed by atoms with Crippen LogP contribution in [-0.4, -0.2) is 11.1 Å². The smallest absolute Gasteiger partial charge is 0.330 e. The topological polar surface area (TPSA) is 37.3 Å². The predicted octanol–water partition coefficient (Wildman–Crippen LogP) is 3.01. The first-order chi connectivity index (χ1) is 6.11. The molecule has 0 bridgehead atoms.